The van der Waals surface area contributed by atoms with Crippen LogP contribution in [0.3, 0.4) is 0 Å². The first-order chi connectivity index (χ1) is 9.19. The van der Waals surface area contributed by atoms with Gasteiger partial charge in [0.1, 0.15) is 0 Å². The molecule has 1 atom stereocenters. The van der Waals surface area contributed by atoms with Crippen molar-refractivity contribution in [1.82, 2.24) is 0 Å². The molecule has 0 bridgehead atoms. The van der Waals surface area contributed by atoms with Crippen LogP contribution in [0.15, 0.2) is 40.2 Å². The molecule has 0 saturated heterocycles. The molecule has 0 spiro atoms. The van der Waals surface area contributed by atoms with Gasteiger partial charge in [0.15, 0.2) is 0 Å². The lowest BCUT2D eigenvalue weighted by atomic mass is 9.85. The van der Waals surface area contributed by atoms with Gasteiger partial charge in [-0.3, -0.25) is 0 Å². The van der Waals surface area contributed by atoms with Crippen molar-refractivity contribution in [2.24, 2.45) is 0 Å². The molecule has 1 unspecified atom stereocenters. The molecule has 1 aliphatic carbocycles. The van der Waals surface area contributed by atoms with E-state index in [1.807, 2.05) is 6.07 Å². The molecule has 19 heavy (non-hydrogen) atoms. The summed E-state index contributed by atoms with van der Waals surface area (Å²) in [6.45, 7) is 0. The molecule has 0 saturated carbocycles. The van der Waals surface area contributed by atoms with Gasteiger partial charge in [0.05, 0.1) is 5.60 Å². The maximum atomic E-state index is 11.2. The summed E-state index contributed by atoms with van der Waals surface area (Å²) in [7, 11) is 0. The number of hydrogen-bond donors (Lipinski definition) is 1. The topological polar surface area (TPSA) is 20.2 Å². The molecule has 1 aromatic heterocycles. The Bertz CT molecular complexity index is 578. The predicted molar refractivity (Wildman–Crippen MR) is 83.6 cm³/mol. The standard InChI is InChI=1S/C16H17BrOS/c17-14-8-10-19-15(14)11-16(18)9-4-3-6-12-5-1-2-7-13(12)16/h1-2,5,7-8,10,18H,3-4,6,9,11H2. The number of benzene rings is 1. The van der Waals surface area contributed by atoms with E-state index in [1.165, 1.54) is 16.9 Å². The molecule has 3 rings (SSSR count). The molecular formula is C16H17BrOS. The van der Waals surface area contributed by atoms with Crippen LogP contribution >= 0.6 is 27.3 Å². The second-order valence-corrected chi connectivity index (χ2v) is 7.12. The summed E-state index contributed by atoms with van der Waals surface area (Å²) in [5.74, 6) is 0. The number of fused-ring (bicyclic) bond motifs is 1. The smallest absolute Gasteiger partial charge is 0.0947 e. The van der Waals surface area contributed by atoms with Crippen LogP contribution in [0.4, 0.5) is 0 Å². The lowest BCUT2D eigenvalue weighted by Gasteiger charge is -2.28. The van der Waals surface area contributed by atoms with E-state index in [9.17, 15) is 5.11 Å². The fourth-order valence-corrected chi connectivity index (χ4v) is 4.56. The maximum Gasteiger partial charge on any atom is 0.0947 e. The monoisotopic (exact) mass is 336 g/mol. The highest BCUT2D eigenvalue weighted by Gasteiger charge is 2.33. The third kappa shape index (κ3) is 2.64. The van der Waals surface area contributed by atoms with E-state index in [0.29, 0.717) is 6.42 Å². The van der Waals surface area contributed by atoms with Gasteiger partial charge in [-0.2, -0.15) is 0 Å². The molecule has 1 nitrogen and oxygen atoms in total. The Morgan fingerprint density at radius 1 is 1.21 bits per heavy atom. The Labute approximate surface area is 126 Å². The van der Waals surface area contributed by atoms with Crippen LogP contribution in [0.5, 0.6) is 0 Å². The first-order valence-electron chi connectivity index (χ1n) is 6.72. The molecule has 0 fully saturated rings. The van der Waals surface area contributed by atoms with Crippen LogP contribution in [0.25, 0.3) is 0 Å². The summed E-state index contributed by atoms with van der Waals surface area (Å²) in [5, 5.41) is 13.3. The second-order valence-electron chi connectivity index (χ2n) is 5.26. The Morgan fingerprint density at radius 3 is 2.84 bits per heavy atom. The van der Waals surface area contributed by atoms with Gasteiger partial charge in [-0.1, -0.05) is 24.3 Å². The first-order valence-corrected chi connectivity index (χ1v) is 8.39. The van der Waals surface area contributed by atoms with Crippen LogP contribution in [-0.2, 0) is 18.4 Å². The number of hydrogen-bond acceptors (Lipinski definition) is 2. The minimum absolute atomic E-state index is 0.708. The summed E-state index contributed by atoms with van der Waals surface area (Å²) in [4.78, 5) is 1.24. The third-order valence-corrected chi connectivity index (χ3v) is 5.88. The second kappa shape index (κ2) is 5.39. The van der Waals surface area contributed by atoms with Crippen LogP contribution in [0, 0.1) is 0 Å². The van der Waals surface area contributed by atoms with Gasteiger partial charge in [-0.25, -0.2) is 0 Å². The van der Waals surface area contributed by atoms with Gasteiger partial charge in [0.25, 0.3) is 0 Å². The predicted octanol–water partition coefficient (Wildman–Crippen LogP) is 4.67. The average Bonchev–Trinajstić information content (AvgIpc) is 2.72. The lowest BCUT2D eigenvalue weighted by Crippen LogP contribution is -2.28. The quantitative estimate of drug-likeness (QED) is 0.790. The fraction of sp³-hybridized carbons (Fsp3) is 0.375. The van der Waals surface area contributed by atoms with Crippen LogP contribution in [0.2, 0.25) is 0 Å². The molecule has 0 amide bonds. The highest BCUT2D eigenvalue weighted by Crippen LogP contribution is 2.39. The van der Waals surface area contributed by atoms with E-state index in [4.69, 9.17) is 0 Å². The zero-order valence-corrected chi connectivity index (χ0v) is 13.1. The minimum Gasteiger partial charge on any atom is -0.385 e. The van der Waals surface area contributed by atoms with Crippen molar-refractivity contribution in [3.63, 3.8) is 0 Å². The van der Waals surface area contributed by atoms with Gasteiger partial charge in [-0.15, -0.1) is 11.3 Å². The van der Waals surface area contributed by atoms with Gasteiger partial charge in [-0.05, 0) is 64.2 Å². The van der Waals surface area contributed by atoms with Crippen molar-refractivity contribution < 1.29 is 5.11 Å². The average molecular weight is 337 g/mol. The van der Waals surface area contributed by atoms with Gasteiger partial charge < -0.3 is 5.11 Å². The zero-order chi connectivity index (χ0) is 13.3. The van der Waals surface area contributed by atoms with Crippen molar-refractivity contribution in [3.8, 4) is 0 Å². The zero-order valence-electron chi connectivity index (χ0n) is 10.7. The van der Waals surface area contributed by atoms with E-state index in [1.54, 1.807) is 11.3 Å². The summed E-state index contributed by atoms with van der Waals surface area (Å²) in [6.07, 6.45) is 4.92. The lowest BCUT2D eigenvalue weighted by molar-refractivity contribution is 0.0278. The van der Waals surface area contributed by atoms with Crippen molar-refractivity contribution in [1.29, 1.82) is 0 Å². The summed E-state index contributed by atoms with van der Waals surface area (Å²) < 4.78 is 1.12. The van der Waals surface area contributed by atoms with Crippen molar-refractivity contribution in [2.75, 3.05) is 0 Å². The largest absolute Gasteiger partial charge is 0.385 e. The van der Waals surface area contributed by atoms with Gasteiger partial charge >= 0.3 is 0 Å². The van der Waals surface area contributed by atoms with E-state index in [0.717, 1.165) is 29.3 Å². The summed E-state index contributed by atoms with van der Waals surface area (Å²) in [6, 6.07) is 10.4. The van der Waals surface area contributed by atoms with Gasteiger partial charge in [0, 0.05) is 15.8 Å². The van der Waals surface area contributed by atoms with Crippen molar-refractivity contribution >= 4 is 27.3 Å². The maximum absolute atomic E-state index is 11.2. The van der Waals surface area contributed by atoms with Crippen molar-refractivity contribution in [3.05, 3.63) is 56.2 Å². The molecular weight excluding hydrogens is 320 g/mol. The number of halogens is 1. The molecule has 1 N–H and O–H groups in total. The Hall–Kier alpha value is -0.640. The highest BCUT2D eigenvalue weighted by molar-refractivity contribution is 9.10. The molecule has 0 aliphatic heterocycles. The molecule has 0 radical (unpaired) electrons. The number of thiophene rings is 1. The Morgan fingerprint density at radius 2 is 2.05 bits per heavy atom. The number of aliphatic hydroxyl groups is 1. The number of rotatable bonds is 2. The van der Waals surface area contributed by atoms with Crippen molar-refractivity contribution in [2.45, 2.75) is 37.7 Å². The fourth-order valence-electron chi connectivity index (χ4n) is 2.96. The molecule has 100 valence electrons. The van der Waals surface area contributed by atoms with Crippen LogP contribution in [0.1, 0.15) is 35.3 Å². The molecule has 2 aromatic rings. The van der Waals surface area contributed by atoms with E-state index < -0.39 is 5.60 Å². The molecule has 1 heterocycles. The highest BCUT2D eigenvalue weighted by atomic mass is 79.9. The number of aryl methyl sites for hydroxylation is 1. The minimum atomic E-state index is -0.708. The van der Waals surface area contributed by atoms with Crippen LogP contribution < -0.4 is 0 Å². The normalized spacial score (nSPS) is 22.8. The van der Waals surface area contributed by atoms with Crippen LogP contribution in [-0.4, -0.2) is 5.11 Å². The molecule has 1 aliphatic rings. The first kappa shape index (κ1) is 13.3. The SMILES string of the molecule is OC1(Cc2sccc2Br)CCCCc2ccccc21. The third-order valence-electron chi connectivity index (χ3n) is 3.95. The Kier molecular flexibility index (Phi) is 3.79. The van der Waals surface area contributed by atoms with E-state index in [2.05, 4.69) is 45.6 Å². The Balaban J connectivity index is 2.00. The van der Waals surface area contributed by atoms with E-state index >= 15 is 0 Å². The summed E-state index contributed by atoms with van der Waals surface area (Å²) >= 11 is 5.29. The summed E-state index contributed by atoms with van der Waals surface area (Å²) in [5.41, 5.74) is 1.74. The van der Waals surface area contributed by atoms with E-state index in [-0.39, 0.29) is 0 Å². The van der Waals surface area contributed by atoms with Gasteiger partial charge in [0.2, 0.25) is 0 Å². The molecule has 1 aromatic carbocycles. The molecule has 3 heteroatoms.